The van der Waals surface area contributed by atoms with Crippen molar-refractivity contribution < 1.29 is 13.9 Å². The Balaban J connectivity index is 1.70. The van der Waals surface area contributed by atoms with Crippen molar-refractivity contribution in [3.05, 3.63) is 57.8 Å². The fraction of sp³-hybridized carbons (Fsp3) is 0.381. The molecule has 0 aliphatic carbocycles. The minimum atomic E-state index is -0.405. The fourth-order valence-corrected chi connectivity index (χ4v) is 3.21. The summed E-state index contributed by atoms with van der Waals surface area (Å²) < 4.78 is 11.4. The molecule has 3 rings (SSSR count). The molecule has 0 aliphatic heterocycles. The lowest BCUT2D eigenvalue weighted by Crippen LogP contribution is -2.28. The number of fused-ring (bicyclic) bond motifs is 1. The highest BCUT2D eigenvalue weighted by Crippen LogP contribution is 2.21. The number of ether oxygens (including phenoxy) is 1. The van der Waals surface area contributed by atoms with Crippen LogP contribution in [0.4, 0.5) is 0 Å². The number of rotatable bonds is 9. The van der Waals surface area contributed by atoms with E-state index in [9.17, 15) is 9.59 Å². The van der Waals surface area contributed by atoms with Gasteiger partial charge in [0.25, 0.3) is 11.5 Å². The van der Waals surface area contributed by atoms with Crippen LogP contribution in [0.5, 0.6) is 5.75 Å². The Morgan fingerprint density at radius 1 is 1.28 bits per heavy atom. The molecule has 0 aliphatic rings. The third-order valence-corrected chi connectivity index (χ3v) is 4.87. The topological polar surface area (TPSA) is 100 Å². The SMILES string of the molecule is CCN(CC)CCOc1ccccc1CNC(=O)c1c(C)oc2nc[nH]c(=O)c12. The number of carbonyl (C=O) groups excluding carboxylic acids is 1. The van der Waals surface area contributed by atoms with Crippen LogP contribution in [-0.2, 0) is 6.54 Å². The number of nitrogens with one attached hydrogen (secondary N) is 2. The summed E-state index contributed by atoms with van der Waals surface area (Å²) in [5, 5.41) is 3.01. The molecule has 29 heavy (non-hydrogen) atoms. The molecule has 1 amide bonds. The van der Waals surface area contributed by atoms with Crippen molar-refractivity contribution >= 4 is 17.0 Å². The lowest BCUT2D eigenvalue weighted by molar-refractivity contribution is 0.0950. The number of hydrogen-bond donors (Lipinski definition) is 2. The third kappa shape index (κ3) is 4.65. The molecule has 0 saturated heterocycles. The van der Waals surface area contributed by atoms with Crippen LogP contribution in [0.25, 0.3) is 11.1 Å². The van der Waals surface area contributed by atoms with E-state index >= 15 is 0 Å². The molecule has 0 spiro atoms. The number of carbonyl (C=O) groups is 1. The van der Waals surface area contributed by atoms with Crippen molar-refractivity contribution in [1.29, 1.82) is 0 Å². The zero-order valence-electron chi connectivity index (χ0n) is 16.9. The van der Waals surface area contributed by atoms with Gasteiger partial charge in [-0.05, 0) is 26.1 Å². The van der Waals surface area contributed by atoms with Crippen molar-refractivity contribution in [3.8, 4) is 5.75 Å². The summed E-state index contributed by atoms with van der Waals surface area (Å²) in [6, 6.07) is 7.58. The average Bonchev–Trinajstić information content (AvgIpc) is 3.07. The van der Waals surface area contributed by atoms with Crippen LogP contribution in [-0.4, -0.2) is 47.0 Å². The van der Waals surface area contributed by atoms with E-state index in [-0.39, 0.29) is 23.2 Å². The van der Waals surface area contributed by atoms with Crippen LogP contribution >= 0.6 is 0 Å². The minimum Gasteiger partial charge on any atom is -0.492 e. The quantitative estimate of drug-likeness (QED) is 0.574. The first-order valence-electron chi connectivity index (χ1n) is 9.73. The summed E-state index contributed by atoms with van der Waals surface area (Å²) in [5.74, 6) is 0.691. The highest BCUT2D eigenvalue weighted by Gasteiger charge is 2.21. The highest BCUT2D eigenvalue weighted by atomic mass is 16.5. The van der Waals surface area contributed by atoms with E-state index in [1.807, 2.05) is 24.3 Å². The number of hydrogen-bond acceptors (Lipinski definition) is 6. The standard InChI is InChI=1S/C21H26N4O4/c1-4-25(5-2)10-11-28-16-9-7-6-8-15(16)12-22-19(26)17-14(3)29-21-18(17)20(27)23-13-24-21/h6-9,13H,4-5,10-12H2,1-3H3,(H,22,26)(H,23,24,27). The third-order valence-electron chi connectivity index (χ3n) is 4.87. The number of benzene rings is 1. The molecule has 0 bridgehead atoms. The highest BCUT2D eigenvalue weighted by molar-refractivity contribution is 6.06. The summed E-state index contributed by atoms with van der Waals surface area (Å²) in [7, 11) is 0. The zero-order chi connectivity index (χ0) is 20.8. The number of aromatic amines is 1. The Bertz CT molecular complexity index is 1040. The van der Waals surface area contributed by atoms with Gasteiger partial charge in [-0.1, -0.05) is 32.0 Å². The van der Waals surface area contributed by atoms with Gasteiger partial charge in [-0.25, -0.2) is 4.98 Å². The second-order valence-electron chi connectivity index (χ2n) is 6.61. The molecule has 0 radical (unpaired) electrons. The Kier molecular flexibility index (Phi) is 6.66. The van der Waals surface area contributed by atoms with Crippen molar-refractivity contribution in [1.82, 2.24) is 20.2 Å². The van der Waals surface area contributed by atoms with Gasteiger partial charge in [-0.2, -0.15) is 0 Å². The van der Waals surface area contributed by atoms with Crippen LogP contribution in [0.2, 0.25) is 0 Å². The summed E-state index contributed by atoms with van der Waals surface area (Å²) in [5.41, 5.74) is 0.806. The molecule has 0 unspecified atom stereocenters. The largest absolute Gasteiger partial charge is 0.492 e. The predicted molar refractivity (Wildman–Crippen MR) is 110 cm³/mol. The average molecular weight is 398 g/mol. The maximum absolute atomic E-state index is 12.8. The van der Waals surface area contributed by atoms with E-state index < -0.39 is 11.5 Å². The Morgan fingerprint density at radius 2 is 2.03 bits per heavy atom. The van der Waals surface area contributed by atoms with Gasteiger partial charge in [-0.3, -0.25) is 9.59 Å². The van der Waals surface area contributed by atoms with E-state index in [0.29, 0.717) is 12.4 Å². The lowest BCUT2D eigenvalue weighted by atomic mass is 10.1. The zero-order valence-corrected chi connectivity index (χ0v) is 16.9. The van der Waals surface area contributed by atoms with Crippen LogP contribution in [0.3, 0.4) is 0 Å². The summed E-state index contributed by atoms with van der Waals surface area (Å²) in [4.78, 5) is 33.6. The molecule has 8 heteroatoms. The lowest BCUT2D eigenvalue weighted by Gasteiger charge is -2.19. The Morgan fingerprint density at radius 3 is 2.79 bits per heavy atom. The van der Waals surface area contributed by atoms with E-state index in [1.54, 1.807) is 6.92 Å². The van der Waals surface area contributed by atoms with Crippen molar-refractivity contribution in [2.45, 2.75) is 27.3 Å². The van der Waals surface area contributed by atoms with Gasteiger partial charge in [0.05, 0.1) is 11.9 Å². The number of amides is 1. The van der Waals surface area contributed by atoms with Gasteiger partial charge < -0.3 is 24.4 Å². The molecule has 2 N–H and O–H groups in total. The van der Waals surface area contributed by atoms with Gasteiger partial charge in [0.1, 0.15) is 23.5 Å². The smallest absolute Gasteiger partial charge is 0.262 e. The first-order chi connectivity index (χ1) is 14.0. The molecule has 154 valence electrons. The van der Waals surface area contributed by atoms with E-state index in [1.165, 1.54) is 6.33 Å². The molecule has 0 saturated carbocycles. The summed E-state index contributed by atoms with van der Waals surface area (Å²) in [6.45, 7) is 9.51. The van der Waals surface area contributed by atoms with Crippen molar-refractivity contribution in [2.24, 2.45) is 0 Å². The molecule has 0 atom stereocenters. The van der Waals surface area contributed by atoms with Crippen LogP contribution in [0.1, 0.15) is 35.5 Å². The van der Waals surface area contributed by atoms with E-state index in [2.05, 4.69) is 34.0 Å². The summed E-state index contributed by atoms with van der Waals surface area (Å²) in [6.07, 6.45) is 1.25. The Labute approximate surface area is 168 Å². The van der Waals surface area contributed by atoms with Gasteiger partial charge in [0.2, 0.25) is 5.71 Å². The molecule has 0 fully saturated rings. The van der Waals surface area contributed by atoms with Gasteiger partial charge >= 0.3 is 0 Å². The number of H-pyrrole nitrogens is 1. The maximum atomic E-state index is 12.8. The van der Waals surface area contributed by atoms with E-state index in [4.69, 9.17) is 9.15 Å². The van der Waals surface area contributed by atoms with Crippen molar-refractivity contribution in [2.75, 3.05) is 26.2 Å². The fourth-order valence-electron chi connectivity index (χ4n) is 3.21. The number of furan rings is 1. The first-order valence-corrected chi connectivity index (χ1v) is 9.73. The Hall–Kier alpha value is -3.13. The van der Waals surface area contributed by atoms with Gasteiger partial charge in [0.15, 0.2) is 0 Å². The predicted octanol–water partition coefficient (Wildman–Crippen LogP) is 2.48. The molecule has 3 aromatic rings. The minimum absolute atomic E-state index is 0.150. The molecule has 2 aromatic heterocycles. The number of nitrogens with zero attached hydrogens (tertiary/aromatic N) is 2. The summed E-state index contributed by atoms with van der Waals surface area (Å²) >= 11 is 0. The first kappa shape index (κ1) is 20.6. The molecule has 2 heterocycles. The molecule has 1 aromatic carbocycles. The normalized spacial score (nSPS) is 11.2. The number of likely N-dealkylation sites (N-methyl/N-ethyl adjacent to an activating group) is 1. The van der Waals surface area contributed by atoms with Crippen LogP contribution in [0.15, 0.2) is 39.8 Å². The van der Waals surface area contributed by atoms with Crippen LogP contribution in [0, 0.1) is 6.92 Å². The number of aromatic nitrogens is 2. The van der Waals surface area contributed by atoms with E-state index in [0.717, 1.165) is 30.9 Å². The number of aryl methyl sites for hydroxylation is 1. The number of para-hydroxylation sites is 1. The molecular formula is C21H26N4O4. The van der Waals surface area contributed by atoms with Crippen LogP contribution < -0.4 is 15.6 Å². The van der Waals surface area contributed by atoms with Gasteiger partial charge in [-0.15, -0.1) is 0 Å². The van der Waals surface area contributed by atoms with Gasteiger partial charge in [0, 0.05) is 18.7 Å². The molecular weight excluding hydrogens is 372 g/mol. The maximum Gasteiger partial charge on any atom is 0.262 e. The second kappa shape index (κ2) is 9.38. The second-order valence-corrected chi connectivity index (χ2v) is 6.61. The monoisotopic (exact) mass is 398 g/mol. The molecule has 8 nitrogen and oxygen atoms in total. The van der Waals surface area contributed by atoms with Crippen molar-refractivity contribution in [3.63, 3.8) is 0 Å².